The molecule has 1 aliphatic carbocycles. The maximum atomic E-state index is 11.8. The number of nitrogens with one attached hydrogen (secondary N) is 3. The number of nitrogens with zero attached hydrogens (tertiary/aromatic N) is 1. The summed E-state index contributed by atoms with van der Waals surface area (Å²) in [7, 11) is 0. The quantitative estimate of drug-likeness (QED) is 0.779. The van der Waals surface area contributed by atoms with Gasteiger partial charge in [-0.2, -0.15) is 0 Å². The first-order valence-corrected chi connectivity index (χ1v) is 8.54. The molecule has 1 aliphatic rings. The van der Waals surface area contributed by atoms with Gasteiger partial charge in [0.25, 0.3) is 0 Å². The molecule has 2 unspecified atom stereocenters. The number of hydrogen-bond acceptors (Lipinski definition) is 4. The molecular formula is C17H30N4O2. The lowest BCUT2D eigenvalue weighted by Crippen LogP contribution is -2.44. The van der Waals surface area contributed by atoms with Gasteiger partial charge in [0.15, 0.2) is 0 Å². The number of rotatable bonds is 5. The average molecular weight is 322 g/mol. The fourth-order valence-corrected chi connectivity index (χ4v) is 3.04. The number of aromatic nitrogens is 2. The Kier molecular flexibility index (Phi) is 6.04. The van der Waals surface area contributed by atoms with Crippen LogP contribution in [0, 0.1) is 12.8 Å². The highest BCUT2D eigenvalue weighted by Gasteiger charge is 2.26. The molecule has 0 radical (unpaired) electrons. The molecule has 0 aromatic carbocycles. The van der Waals surface area contributed by atoms with Gasteiger partial charge in [-0.15, -0.1) is 0 Å². The first-order valence-electron chi connectivity index (χ1n) is 8.54. The first kappa shape index (κ1) is 17.8. The molecule has 130 valence electrons. The lowest BCUT2D eigenvalue weighted by molar-refractivity contribution is 0.0510. The summed E-state index contributed by atoms with van der Waals surface area (Å²) in [6.07, 6.45) is 6.14. The maximum Gasteiger partial charge on any atom is 0.407 e. The van der Waals surface area contributed by atoms with Crippen molar-refractivity contribution in [1.82, 2.24) is 20.6 Å². The molecular weight excluding hydrogens is 292 g/mol. The molecule has 6 nitrogen and oxygen atoms in total. The van der Waals surface area contributed by atoms with Crippen LogP contribution in [0.5, 0.6) is 0 Å². The molecule has 0 saturated heterocycles. The number of aryl methyl sites for hydroxylation is 1. The van der Waals surface area contributed by atoms with Gasteiger partial charge in [-0.3, -0.25) is 0 Å². The van der Waals surface area contributed by atoms with Crippen LogP contribution in [0.15, 0.2) is 6.33 Å². The van der Waals surface area contributed by atoms with Crippen LogP contribution < -0.4 is 10.6 Å². The molecule has 1 saturated carbocycles. The Bertz CT molecular complexity index is 507. The highest BCUT2D eigenvalue weighted by molar-refractivity contribution is 5.67. The number of amides is 1. The van der Waals surface area contributed by atoms with E-state index in [1.165, 1.54) is 12.8 Å². The van der Waals surface area contributed by atoms with Crippen LogP contribution in [0.2, 0.25) is 0 Å². The second kappa shape index (κ2) is 7.81. The largest absolute Gasteiger partial charge is 0.444 e. The van der Waals surface area contributed by atoms with Gasteiger partial charge in [0.1, 0.15) is 5.60 Å². The minimum atomic E-state index is -0.453. The molecule has 0 spiro atoms. The second-order valence-electron chi connectivity index (χ2n) is 7.39. The van der Waals surface area contributed by atoms with Crippen molar-refractivity contribution in [2.45, 2.75) is 71.6 Å². The van der Waals surface area contributed by atoms with Gasteiger partial charge in [0.2, 0.25) is 0 Å². The van der Waals surface area contributed by atoms with E-state index in [2.05, 4.69) is 20.6 Å². The Labute approximate surface area is 138 Å². The van der Waals surface area contributed by atoms with E-state index >= 15 is 0 Å². The van der Waals surface area contributed by atoms with Crippen LogP contribution in [0.3, 0.4) is 0 Å². The standard InChI is InChI=1S/C17H30N4O2/c1-12-15(21-11-20-12)10-18-14-8-6-5-7-13(14)9-19-16(22)23-17(2,3)4/h11,13-14,18H,5-10H2,1-4H3,(H,19,22)(H,20,21). The highest BCUT2D eigenvalue weighted by atomic mass is 16.6. The molecule has 1 aromatic heterocycles. The Morgan fingerprint density at radius 1 is 1.39 bits per heavy atom. The molecule has 0 aliphatic heterocycles. The minimum Gasteiger partial charge on any atom is -0.444 e. The first-order chi connectivity index (χ1) is 10.8. The molecule has 0 bridgehead atoms. The Balaban J connectivity index is 1.81. The summed E-state index contributed by atoms with van der Waals surface area (Å²) in [5, 5.41) is 6.53. The topological polar surface area (TPSA) is 79.0 Å². The summed E-state index contributed by atoms with van der Waals surface area (Å²) in [6, 6.07) is 0.412. The number of hydrogen-bond donors (Lipinski definition) is 3. The summed E-state index contributed by atoms with van der Waals surface area (Å²) in [5.74, 6) is 0.440. The smallest absolute Gasteiger partial charge is 0.407 e. The maximum absolute atomic E-state index is 11.8. The van der Waals surface area contributed by atoms with E-state index in [0.29, 0.717) is 18.5 Å². The summed E-state index contributed by atoms with van der Waals surface area (Å²) in [4.78, 5) is 19.3. The molecule has 1 fully saturated rings. The Morgan fingerprint density at radius 3 is 2.78 bits per heavy atom. The minimum absolute atomic E-state index is 0.329. The monoisotopic (exact) mass is 322 g/mol. The third-order valence-corrected chi connectivity index (χ3v) is 4.28. The summed E-state index contributed by atoms with van der Waals surface area (Å²) >= 11 is 0. The van der Waals surface area contributed by atoms with Gasteiger partial charge < -0.3 is 20.4 Å². The van der Waals surface area contributed by atoms with Crippen LogP contribution in [0.4, 0.5) is 4.79 Å². The van der Waals surface area contributed by atoms with E-state index in [1.54, 1.807) is 6.33 Å². The molecule has 2 rings (SSSR count). The van der Waals surface area contributed by atoms with E-state index in [1.807, 2.05) is 27.7 Å². The van der Waals surface area contributed by atoms with Gasteiger partial charge in [-0.05, 0) is 46.5 Å². The van der Waals surface area contributed by atoms with Crippen LogP contribution in [-0.2, 0) is 11.3 Å². The predicted molar refractivity (Wildman–Crippen MR) is 90.1 cm³/mol. The van der Waals surface area contributed by atoms with E-state index < -0.39 is 5.60 Å². The molecule has 6 heteroatoms. The zero-order valence-electron chi connectivity index (χ0n) is 14.7. The van der Waals surface area contributed by atoms with Crippen LogP contribution in [0.25, 0.3) is 0 Å². The Morgan fingerprint density at radius 2 is 2.13 bits per heavy atom. The lowest BCUT2D eigenvalue weighted by atomic mass is 9.84. The molecule has 2 atom stereocenters. The SMILES string of the molecule is Cc1[nH]cnc1CNC1CCCCC1CNC(=O)OC(C)(C)C. The van der Waals surface area contributed by atoms with Crippen molar-refractivity contribution in [2.24, 2.45) is 5.92 Å². The number of carbonyl (C=O) groups excluding carboxylic acids is 1. The van der Waals surface area contributed by atoms with E-state index in [9.17, 15) is 4.79 Å². The zero-order chi connectivity index (χ0) is 16.9. The van der Waals surface area contributed by atoms with Gasteiger partial charge in [-0.1, -0.05) is 12.8 Å². The lowest BCUT2D eigenvalue weighted by Gasteiger charge is -2.32. The van der Waals surface area contributed by atoms with Crippen molar-refractivity contribution in [3.8, 4) is 0 Å². The van der Waals surface area contributed by atoms with Gasteiger partial charge in [-0.25, -0.2) is 9.78 Å². The van der Waals surface area contributed by atoms with Gasteiger partial charge in [0.05, 0.1) is 12.0 Å². The summed E-state index contributed by atoms with van der Waals surface area (Å²) < 4.78 is 5.31. The number of carbonyl (C=O) groups is 1. The molecule has 1 amide bonds. The average Bonchev–Trinajstić information content (AvgIpc) is 2.87. The number of aromatic amines is 1. The molecule has 1 heterocycles. The molecule has 1 aromatic rings. The molecule has 23 heavy (non-hydrogen) atoms. The van der Waals surface area contributed by atoms with Crippen LogP contribution in [0.1, 0.15) is 57.8 Å². The van der Waals surface area contributed by atoms with E-state index in [4.69, 9.17) is 4.74 Å². The van der Waals surface area contributed by atoms with Crippen molar-refractivity contribution in [3.05, 3.63) is 17.7 Å². The normalized spacial score (nSPS) is 21.9. The highest BCUT2D eigenvalue weighted by Crippen LogP contribution is 2.24. The predicted octanol–water partition coefficient (Wildman–Crippen LogP) is 2.89. The number of H-pyrrole nitrogens is 1. The third-order valence-electron chi connectivity index (χ3n) is 4.28. The van der Waals surface area contributed by atoms with E-state index in [-0.39, 0.29) is 6.09 Å². The fourth-order valence-electron chi connectivity index (χ4n) is 3.04. The van der Waals surface area contributed by atoms with Crippen molar-refractivity contribution in [1.29, 1.82) is 0 Å². The third kappa shape index (κ3) is 5.86. The van der Waals surface area contributed by atoms with E-state index in [0.717, 1.165) is 30.8 Å². The summed E-state index contributed by atoms with van der Waals surface area (Å²) in [6.45, 7) is 9.10. The Hall–Kier alpha value is -1.56. The number of ether oxygens (including phenoxy) is 1. The van der Waals surface area contributed by atoms with Crippen molar-refractivity contribution in [2.75, 3.05) is 6.54 Å². The van der Waals surface area contributed by atoms with Crippen molar-refractivity contribution < 1.29 is 9.53 Å². The van der Waals surface area contributed by atoms with Crippen LogP contribution in [-0.4, -0.2) is 34.2 Å². The van der Waals surface area contributed by atoms with Crippen molar-refractivity contribution >= 4 is 6.09 Å². The number of alkyl carbamates (subject to hydrolysis) is 1. The summed E-state index contributed by atoms with van der Waals surface area (Å²) in [5.41, 5.74) is 1.72. The van der Waals surface area contributed by atoms with Crippen molar-refractivity contribution in [3.63, 3.8) is 0 Å². The second-order valence-corrected chi connectivity index (χ2v) is 7.39. The van der Waals surface area contributed by atoms with Gasteiger partial charge >= 0.3 is 6.09 Å². The fraction of sp³-hybridized carbons (Fsp3) is 0.765. The number of imidazole rings is 1. The van der Waals surface area contributed by atoms with Crippen LogP contribution >= 0.6 is 0 Å². The van der Waals surface area contributed by atoms with Gasteiger partial charge in [0, 0.05) is 24.8 Å². The molecule has 3 N–H and O–H groups in total. The zero-order valence-corrected chi connectivity index (χ0v) is 14.7.